The first-order valence-corrected chi connectivity index (χ1v) is 8.11. The van der Waals surface area contributed by atoms with Gasteiger partial charge in [0.25, 0.3) is 0 Å². The van der Waals surface area contributed by atoms with Gasteiger partial charge in [-0.05, 0) is 72.2 Å². The van der Waals surface area contributed by atoms with E-state index in [1.54, 1.807) is 0 Å². The molecule has 0 radical (unpaired) electrons. The molecule has 0 spiro atoms. The Balaban J connectivity index is 2.27. The van der Waals surface area contributed by atoms with Crippen LogP contribution < -0.4 is 10.5 Å². The van der Waals surface area contributed by atoms with E-state index in [1.165, 1.54) is 16.7 Å². The summed E-state index contributed by atoms with van der Waals surface area (Å²) in [4.78, 5) is 10.6. The van der Waals surface area contributed by atoms with Gasteiger partial charge in [-0.2, -0.15) is 0 Å². The van der Waals surface area contributed by atoms with Crippen LogP contribution in [0.4, 0.5) is 5.69 Å². The quantitative estimate of drug-likeness (QED) is 0.785. The van der Waals surface area contributed by atoms with Gasteiger partial charge in [0.05, 0.1) is 0 Å². The molecule has 3 N–H and O–H groups in total. The van der Waals surface area contributed by atoms with Gasteiger partial charge in [0, 0.05) is 5.69 Å². The normalized spacial score (nSPS) is 10.9. The van der Waals surface area contributed by atoms with Crippen molar-refractivity contribution >= 4 is 11.7 Å². The number of hydrogen-bond donors (Lipinski definition) is 2. The lowest BCUT2D eigenvalue weighted by atomic mass is 9.92. The lowest BCUT2D eigenvalue weighted by Gasteiger charge is -2.15. The van der Waals surface area contributed by atoms with Crippen LogP contribution in [-0.2, 0) is 11.2 Å². The number of aliphatic carboxylic acids is 1. The Kier molecular flexibility index (Phi) is 5.50. The number of nitrogens with two attached hydrogens (primary N) is 1. The Labute approximate surface area is 143 Å². The zero-order valence-corrected chi connectivity index (χ0v) is 14.7. The maximum Gasteiger partial charge on any atom is 0.341 e. The number of carbonyl (C=O) groups is 1. The van der Waals surface area contributed by atoms with Gasteiger partial charge in [-0.15, -0.1) is 0 Å². The van der Waals surface area contributed by atoms with Crippen molar-refractivity contribution in [2.45, 2.75) is 40.0 Å². The molecule has 0 aliphatic rings. The third-order valence-electron chi connectivity index (χ3n) is 4.19. The Hall–Kier alpha value is -2.49. The van der Waals surface area contributed by atoms with Crippen LogP contribution in [0.2, 0.25) is 0 Å². The van der Waals surface area contributed by atoms with Crippen LogP contribution in [0.1, 0.15) is 47.6 Å². The molecular formula is C20H25NO3. The van der Waals surface area contributed by atoms with Crippen LogP contribution in [0.5, 0.6) is 5.75 Å². The monoisotopic (exact) mass is 327 g/mol. The van der Waals surface area contributed by atoms with Crippen LogP contribution in [0, 0.1) is 13.8 Å². The van der Waals surface area contributed by atoms with Crippen molar-refractivity contribution in [3.8, 4) is 5.75 Å². The van der Waals surface area contributed by atoms with E-state index in [9.17, 15) is 4.79 Å². The molecule has 4 heteroatoms. The van der Waals surface area contributed by atoms with Crippen LogP contribution >= 0.6 is 0 Å². The predicted octanol–water partition coefficient (Wildman–Crippen LogP) is 4.06. The van der Waals surface area contributed by atoms with Crippen LogP contribution in [-0.4, -0.2) is 17.7 Å². The van der Waals surface area contributed by atoms with Crippen molar-refractivity contribution in [3.63, 3.8) is 0 Å². The van der Waals surface area contributed by atoms with Gasteiger partial charge >= 0.3 is 5.97 Å². The molecule has 0 saturated carbocycles. The molecule has 0 saturated heterocycles. The fourth-order valence-corrected chi connectivity index (χ4v) is 2.90. The van der Waals surface area contributed by atoms with Crippen molar-refractivity contribution in [1.82, 2.24) is 0 Å². The van der Waals surface area contributed by atoms with Gasteiger partial charge in [-0.3, -0.25) is 0 Å². The van der Waals surface area contributed by atoms with E-state index in [0.717, 1.165) is 23.2 Å². The van der Waals surface area contributed by atoms with E-state index in [1.807, 2.05) is 32.0 Å². The standard InChI is InChI=1S/C20H25NO3/c1-12(2)17-9-15(5-6-19(17)21)10-18-13(3)7-16(8-14(18)4)24-11-20(22)23/h5-9,12H,10-11,21H2,1-4H3,(H,22,23). The molecule has 0 amide bonds. The van der Waals surface area contributed by atoms with Crippen molar-refractivity contribution in [2.24, 2.45) is 0 Å². The summed E-state index contributed by atoms with van der Waals surface area (Å²) in [5.41, 5.74) is 12.7. The number of ether oxygens (including phenoxy) is 1. The zero-order valence-electron chi connectivity index (χ0n) is 14.7. The zero-order chi connectivity index (χ0) is 17.9. The average Bonchev–Trinajstić information content (AvgIpc) is 2.50. The summed E-state index contributed by atoms with van der Waals surface area (Å²) in [7, 11) is 0. The summed E-state index contributed by atoms with van der Waals surface area (Å²) in [5, 5.41) is 8.72. The highest BCUT2D eigenvalue weighted by atomic mass is 16.5. The Bertz CT molecular complexity index is 728. The lowest BCUT2D eigenvalue weighted by Crippen LogP contribution is -2.10. The molecule has 0 unspecified atom stereocenters. The first-order chi connectivity index (χ1) is 11.3. The van der Waals surface area contributed by atoms with E-state index in [4.69, 9.17) is 15.6 Å². The van der Waals surface area contributed by atoms with Gasteiger partial charge < -0.3 is 15.6 Å². The van der Waals surface area contributed by atoms with E-state index < -0.39 is 5.97 Å². The predicted molar refractivity (Wildman–Crippen MR) is 96.8 cm³/mol. The Morgan fingerprint density at radius 1 is 1.17 bits per heavy atom. The van der Waals surface area contributed by atoms with E-state index in [-0.39, 0.29) is 6.61 Å². The highest BCUT2D eigenvalue weighted by Gasteiger charge is 2.10. The van der Waals surface area contributed by atoms with Crippen molar-refractivity contribution < 1.29 is 14.6 Å². The van der Waals surface area contributed by atoms with E-state index in [0.29, 0.717) is 11.7 Å². The number of benzene rings is 2. The second-order valence-corrected chi connectivity index (χ2v) is 6.51. The minimum absolute atomic E-state index is 0.325. The number of nitrogen functional groups attached to an aromatic ring is 1. The molecule has 24 heavy (non-hydrogen) atoms. The summed E-state index contributed by atoms with van der Waals surface area (Å²) in [6.45, 7) is 8.00. The second kappa shape index (κ2) is 7.39. The second-order valence-electron chi connectivity index (χ2n) is 6.51. The number of anilines is 1. The van der Waals surface area contributed by atoms with Crippen LogP contribution in [0.25, 0.3) is 0 Å². The van der Waals surface area contributed by atoms with Crippen molar-refractivity contribution in [2.75, 3.05) is 12.3 Å². The fraction of sp³-hybridized carbons (Fsp3) is 0.350. The molecule has 2 rings (SSSR count). The van der Waals surface area contributed by atoms with Crippen LogP contribution in [0.15, 0.2) is 30.3 Å². The molecule has 4 nitrogen and oxygen atoms in total. The number of hydrogen-bond acceptors (Lipinski definition) is 3. The fourth-order valence-electron chi connectivity index (χ4n) is 2.90. The third-order valence-corrected chi connectivity index (χ3v) is 4.19. The van der Waals surface area contributed by atoms with Gasteiger partial charge in [-0.1, -0.05) is 26.0 Å². The number of aryl methyl sites for hydroxylation is 2. The van der Waals surface area contributed by atoms with Crippen molar-refractivity contribution in [1.29, 1.82) is 0 Å². The molecule has 2 aromatic carbocycles. The van der Waals surface area contributed by atoms with Gasteiger partial charge in [0.2, 0.25) is 0 Å². The smallest absolute Gasteiger partial charge is 0.341 e. The molecule has 0 bridgehead atoms. The first-order valence-electron chi connectivity index (χ1n) is 8.11. The summed E-state index contributed by atoms with van der Waals surface area (Å²) >= 11 is 0. The lowest BCUT2D eigenvalue weighted by molar-refractivity contribution is -0.139. The Morgan fingerprint density at radius 3 is 2.33 bits per heavy atom. The molecular weight excluding hydrogens is 302 g/mol. The largest absolute Gasteiger partial charge is 0.482 e. The SMILES string of the molecule is Cc1cc(OCC(=O)O)cc(C)c1Cc1ccc(N)c(C(C)C)c1. The van der Waals surface area contributed by atoms with Crippen LogP contribution in [0.3, 0.4) is 0 Å². The molecule has 0 heterocycles. The van der Waals surface area contributed by atoms with Gasteiger partial charge in [-0.25, -0.2) is 4.79 Å². The minimum Gasteiger partial charge on any atom is -0.482 e. The maximum absolute atomic E-state index is 10.6. The molecule has 0 aliphatic carbocycles. The highest BCUT2D eigenvalue weighted by Crippen LogP contribution is 2.27. The number of carboxylic acid groups (broad SMARTS) is 1. The molecule has 0 aromatic heterocycles. The van der Waals surface area contributed by atoms with E-state index >= 15 is 0 Å². The van der Waals surface area contributed by atoms with E-state index in [2.05, 4.69) is 26.0 Å². The molecule has 0 aliphatic heterocycles. The van der Waals surface area contributed by atoms with Gasteiger partial charge in [0.1, 0.15) is 5.75 Å². The summed E-state index contributed by atoms with van der Waals surface area (Å²) in [6, 6.07) is 10.0. The average molecular weight is 327 g/mol. The molecule has 0 atom stereocenters. The third kappa shape index (κ3) is 4.28. The minimum atomic E-state index is -0.975. The molecule has 128 valence electrons. The maximum atomic E-state index is 10.6. The summed E-state index contributed by atoms with van der Waals surface area (Å²) in [6.07, 6.45) is 0.816. The summed E-state index contributed by atoms with van der Waals surface area (Å²) in [5.74, 6) is 0.00716. The first kappa shape index (κ1) is 17.9. The van der Waals surface area contributed by atoms with Gasteiger partial charge in [0.15, 0.2) is 6.61 Å². The van der Waals surface area contributed by atoms with Crippen molar-refractivity contribution in [3.05, 3.63) is 58.1 Å². The topological polar surface area (TPSA) is 72.5 Å². The number of rotatable bonds is 6. The summed E-state index contributed by atoms with van der Waals surface area (Å²) < 4.78 is 5.28. The molecule has 0 fully saturated rings. The highest BCUT2D eigenvalue weighted by molar-refractivity contribution is 5.68. The number of carboxylic acids is 1. The Morgan fingerprint density at radius 2 is 1.79 bits per heavy atom. The molecule has 2 aromatic rings.